The molecule has 11 heavy (non-hydrogen) atoms. The minimum Gasteiger partial charge on any atom is -0.307 e. The Balaban J connectivity index is 2.48. The van der Waals surface area contributed by atoms with E-state index < -0.39 is 0 Å². The number of aryl methyl sites for hydroxylation is 2. The molecular weight excluding hydrogens is 134 g/mol. The molecule has 1 aromatic rings. The maximum absolute atomic E-state index is 3.33. The molecule has 1 aromatic carbocycles. The molecule has 1 heterocycles. The average molecular weight is 147 g/mol. The normalized spacial score (nSPS) is 21.8. The van der Waals surface area contributed by atoms with Crippen molar-refractivity contribution in [2.75, 3.05) is 6.54 Å². The zero-order chi connectivity index (χ0) is 7.84. The number of rotatable bonds is 1. The van der Waals surface area contributed by atoms with E-state index in [9.17, 15) is 0 Å². The van der Waals surface area contributed by atoms with Crippen molar-refractivity contribution in [2.24, 2.45) is 0 Å². The molecule has 0 bridgehead atoms. The Morgan fingerprint density at radius 3 is 2.27 bits per heavy atom. The molecule has 1 aliphatic heterocycles. The fraction of sp³-hybridized carbons (Fsp3) is 0.400. The largest absolute Gasteiger partial charge is 0.307 e. The van der Waals surface area contributed by atoms with Crippen LogP contribution >= 0.6 is 0 Å². The van der Waals surface area contributed by atoms with Crippen molar-refractivity contribution in [3.05, 3.63) is 34.9 Å². The monoisotopic (exact) mass is 147 g/mol. The molecule has 1 aliphatic rings. The van der Waals surface area contributed by atoms with Crippen LogP contribution in [0.4, 0.5) is 0 Å². The van der Waals surface area contributed by atoms with Crippen LogP contribution in [0.25, 0.3) is 0 Å². The molecule has 2 rings (SSSR count). The molecule has 0 saturated carbocycles. The van der Waals surface area contributed by atoms with Gasteiger partial charge in [-0.3, -0.25) is 0 Å². The van der Waals surface area contributed by atoms with Crippen LogP contribution in [0.3, 0.4) is 0 Å². The SMILES string of the molecule is Cc1cccc(C)c1[C@H]1CN1. The van der Waals surface area contributed by atoms with Gasteiger partial charge in [-0.1, -0.05) is 18.2 Å². The summed E-state index contributed by atoms with van der Waals surface area (Å²) in [6.07, 6.45) is 0. The van der Waals surface area contributed by atoms with E-state index in [0.717, 1.165) is 6.54 Å². The van der Waals surface area contributed by atoms with Gasteiger partial charge in [0.2, 0.25) is 0 Å². The lowest BCUT2D eigenvalue weighted by atomic mass is 10.0. The van der Waals surface area contributed by atoms with Gasteiger partial charge >= 0.3 is 0 Å². The number of hydrogen-bond donors (Lipinski definition) is 1. The quantitative estimate of drug-likeness (QED) is 0.602. The number of benzene rings is 1. The summed E-state index contributed by atoms with van der Waals surface area (Å²) in [4.78, 5) is 0. The highest BCUT2D eigenvalue weighted by Gasteiger charge is 2.24. The molecule has 1 N–H and O–H groups in total. The summed E-state index contributed by atoms with van der Waals surface area (Å²) in [6, 6.07) is 7.14. The second kappa shape index (κ2) is 2.35. The second-order valence-electron chi connectivity index (χ2n) is 3.27. The molecule has 0 amide bonds. The molecule has 0 radical (unpaired) electrons. The van der Waals surface area contributed by atoms with Gasteiger partial charge in [-0.15, -0.1) is 0 Å². The molecule has 1 heteroatoms. The Hall–Kier alpha value is -0.820. The van der Waals surface area contributed by atoms with Gasteiger partial charge in [-0.2, -0.15) is 0 Å². The van der Waals surface area contributed by atoms with E-state index in [1.165, 1.54) is 16.7 Å². The molecule has 0 aromatic heterocycles. The fourth-order valence-electron chi connectivity index (χ4n) is 1.64. The summed E-state index contributed by atoms with van der Waals surface area (Å²) >= 11 is 0. The van der Waals surface area contributed by atoms with Crippen molar-refractivity contribution in [3.63, 3.8) is 0 Å². The Labute approximate surface area is 67.4 Å². The van der Waals surface area contributed by atoms with Crippen LogP contribution in [0, 0.1) is 13.8 Å². The van der Waals surface area contributed by atoms with E-state index in [1.807, 2.05) is 0 Å². The predicted molar refractivity (Wildman–Crippen MR) is 46.7 cm³/mol. The summed E-state index contributed by atoms with van der Waals surface area (Å²) in [5.41, 5.74) is 4.34. The topological polar surface area (TPSA) is 21.9 Å². The molecule has 58 valence electrons. The highest BCUT2D eigenvalue weighted by molar-refractivity contribution is 5.38. The van der Waals surface area contributed by atoms with Crippen LogP contribution < -0.4 is 5.32 Å². The van der Waals surface area contributed by atoms with E-state index in [2.05, 4.69) is 37.4 Å². The molecule has 1 atom stereocenters. The van der Waals surface area contributed by atoms with Gasteiger partial charge in [0.25, 0.3) is 0 Å². The van der Waals surface area contributed by atoms with E-state index in [0.29, 0.717) is 6.04 Å². The molecule has 1 nitrogen and oxygen atoms in total. The highest BCUT2D eigenvalue weighted by atomic mass is 15.1. The zero-order valence-electron chi connectivity index (χ0n) is 7.02. The van der Waals surface area contributed by atoms with Crippen LogP contribution in [-0.4, -0.2) is 6.54 Å². The lowest BCUT2D eigenvalue weighted by Gasteiger charge is -2.05. The van der Waals surface area contributed by atoms with Crippen LogP contribution in [0.15, 0.2) is 18.2 Å². The van der Waals surface area contributed by atoms with E-state index in [1.54, 1.807) is 0 Å². The maximum atomic E-state index is 3.33. The molecule has 0 aliphatic carbocycles. The van der Waals surface area contributed by atoms with Crippen LogP contribution in [0.1, 0.15) is 22.7 Å². The first-order valence-electron chi connectivity index (χ1n) is 4.08. The Morgan fingerprint density at radius 2 is 1.82 bits per heavy atom. The first-order valence-corrected chi connectivity index (χ1v) is 4.08. The first kappa shape index (κ1) is 6.86. The minimum atomic E-state index is 0.649. The number of hydrogen-bond acceptors (Lipinski definition) is 1. The minimum absolute atomic E-state index is 0.649. The standard InChI is InChI=1S/C10H13N/c1-7-4-3-5-8(2)10(7)9-6-11-9/h3-5,9,11H,6H2,1-2H3/t9-/m1/s1. The van der Waals surface area contributed by atoms with Gasteiger partial charge in [-0.05, 0) is 30.5 Å². The van der Waals surface area contributed by atoms with E-state index in [4.69, 9.17) is 0 Å². The van der Waals surface area contributed by atoms with Crippen molar-refractivity contribution in [1.82, 2.24) is 5.32 Å². The summed E-state index contributed by atoms with van der Waals surface area (Å²) < 4.78 is 0. The van der Waals surface area contributed by atoms with Crippen molar-refractivity contribution in [2.45, 2.75) is 19.9 Å². The molecule has 0 spiro atoms. The summed E-state index contributed by atoms with van der Waals surface area (Å²) in [5, 5.41) is 3.33. The third kappa shape index (κ3) is 1.16. The molecule has 0 unspecified atom stereocenters. The summed E-state index contributed by atoms with van der Waals surface area (Å²) in [6.45, 7) is 5.52. The average Bonchev–Trinajstić information content (AvgIpc) is 2.70. The summed E-state index contributed by atoms with van der Waals surface area (Å²) in [5.74, 6) is 0. The van der Waals surface area contributed by atoms with E-state index in [-0.39, 0.29) is 0 Å². The third-order valence-corrected chi connectivity index (χ3v) is 2.30. The lowest BCUT2D eigenvalue weighted by molar-refractivity contribution is 1.03. The lowest BCUT2D eigenvalue weighted by Crippen LogP contribution is -1.92. The summed E-state index contributed by atoms with van der Waals surface area (Å²) in [7, 11) is 0. The van der Waals surface area contributed by atoms with Crippen molar-refractivity contribution >= 4 is 0 Å². The molecular formula is C10H13N. The molecule has 1 fully saturated rings. The van der Waals surface area contributed by atoms with Crippen LogP contribution in [0.2, 0.25) is 0 Å². The Morgan fingerprint density at radius 1 is 1.27 bits per heavy atom. The second-order valence-corrected chi connectivity index (χ2v) is 3.27. The third-order valence-electron chi connectivity index (χ3n) is 2.30. The van der Waals surface area contributed by atoms with Gasteiger partial charge < -0.3 is 5.32 Å². The molecule has 1 saturated heterocycles. The van der Waals surface area contributed by atoms with E-state index >= 15 is 0 Å². The fourth-order valence-corrected chi connectivity index (χ4v) is 1.64. The van der Waals surface area contributed by atoms with Crippen LogP contribution in [0.5, 0.6) is 0 Å². The smallest absolute Gasteiger partial charge is 0.0452 e. The highest BCUT2D eigenvalue weighted by Crippen LogP contribution is 2.27. The van der Waals surface area contributed by atoms with Gasteiger partial charge in [0.1, 0.15) is 0 Å². The van der Waals surface area contributed by atoms with Gasteiger partial charge in [0, 0.05) is 12.6 Å². The van der Waals surface area contributed by atoms with Crippen LogP contribution in [-0.2, 0) is 0 Å². The maximum Gasteiger partial charge on any atom is 0.0452 e. The predicted octanol–water partition coefficient (Wildman–Crippen LogP) is 1.95. The first-order chi connectivity index (χ1) is 5.29. The van der Waals surface area contributed by atoms with Gasteiger partial charge in [0.15, 0.2) is 0 Å². The van der Waals surface area contributed by atoms with Gasteiger partial charge in [0.05, 0.1) is 0 Å². The Bertz CT molecular complexity index is 254. The zero-order valence-corrected chi connectivity index (χ0v) is 7.02. The van der Waals surface area contributed by atoms with Crippen molar-refractivity contribution < 1.29 is 0 Å². The van der Waals surface area contributed by atoms with Crippen molar-refractivity contribution in [3.8, 4) is 0 Å². The van der Waals surface area contributed by atoms with Crippen molar-refractivity contribution in [1.29, 1.82) is 0 Å². The van der Waals surface area contributed by atoms with Gasteiger partial charge in [-0.25, -0.2) is 0 Å². The number of nitrogens with one attached hydrogen (secondary N) is 1. The Kier molecular flexibility index (Phi) is 1.46.